The van der Waals surface area contributed by atoms with Gasteiger partial charge in [-0.2, -0.15) is 0 Å². The molecule has 0 bridgehead atoms. The van der Waals surface area contributed by atoms with Crippen molar-refractivity contribution in [3.05, 3.63) is 0 Å². The summed E-state index contributed by atoms with van der Waals surface area (Å²) in [7, 11) is 3.30. The number of methoxy groups -OCH3 is 1. The van der Waals surface area contributed by atoms with Gasteiger partial charge in [0.1, 0.15) is 0 Å². The van der Waals surface area contributed by atoms with Gasteiger partial charge >= 0.3 is 0 Å². The molecule has 1 aliphatic carbocycles. The molecule has 13 heavy (non-hydrogen) atoms. The Morgan fingerprint density at radius 3 is 2.38 bits per heavy atom. The quantitative estimate of drug-likeness (QED) is 0.687. The number of rotatable bonds is 4. The molecule has 78 valence electrons. The standard InChI is InChI=1S/C8H15ClO3S/c1-12-8(6-13(9,10)11)7-4-2-3-5-7/h7-8H,2-6H2,1H3/t8-/m0/s1. The molecule has 0 saturated heterocycles. The van der Waals surface area contributed by atoms with Crippen LogP contribution in [0.2, 0.25) is 0 Å². The molecule has 1 saturated carbocycles. The SMILES string of the molecule is CO[C@@H](CS(=O)(=O)Cl)C1CCCC1. The maximum atomic E-state index is 10.8. The fourth-order valence-corrected chi connectivity index (χ4v) is 3.10. The van der Waals surface area contributed by atoms with Crippen LogP contribution in [0.3, 0.4) is 0 Å². The van der Waals surface area contributed by atoms with Crippen molar-refractivity contribution >= 4 is 19.7 Å². The molecular weight excluding hydrogens is 212 g/mol. The molecule has 1 fully saturated rings. The summed E-state index contributed by atoms with van der Waals surface area (Å²) in [4.78, 5) is 0. The van der Waals surface area contributed by atoms with Crippen LogP contribution in [-0.2, 0) is 13.8 Å². The Kier molecular flexibility index (Phi) is 4.01. The summed E-state index contributed by atoms with van der Waals surface area (Å²) in [5.41, 5.74) is 0. The first-order valence-corrected chi connectivity index (χ1v) is 6.96. The third-order valence-electron chi connectivity index (χ3n) is 2.59. The van der Waals surface area contributed by atoms with E-state index in [-0.39, 0.29) is 11.9 Å². The molecule has 3 nitrogen and oxygen atoms in total. The van der Waals surface area contributed by atoms with Crippen LogP contribution in [0.4, 0.5) is 0 Å². The van der Waals surface area contributed by atoms with Crippen LogP contribution in [0.5, 0.6) is 0 Å². The Morgan fingerprint density at radius 2 is 2.00 bits per heavy atom. The summed E-state index contributed by atoms with van der Waals surface area (Å²) < 4.78 is 26.8. The van der Waals surface area contributed by atoms with Gasteiger partial charge in [0.25, 0.3) is 0 Å². The first kappa shape index (κ1) is 11.3. The molecule has 0 N–H and O–H groups in total. The molecular formula is C8H15ClO3S. The Morgan fingerprint density at radius 1 is 1.46 bits per heavy atom. The van der Waals surface area contributed by atoms with Gasteiger partial charge in [0.15, 0.2) is 0 Å². The van der Waals surface area contributed by atoms with Gasteiger partial charge in [0, 0.05) is 17.8 Å². The average Bonchev–Trinajstić information content (AvgIpc) is 2.50. The van der Waals surface area contributed by atoms with Crippen molar-refractivity contribution in [1.82, 2.24) is 0 Å². The van der Waals surface area contributed by atoms with Crippen LogP contribution in [-0.4, -0.2) is 27.4 Å². The van der Waals surface area contributed by atoms with E-state index < -0.39 is 9.05 Å². The lowest BCUT2D eigenvalue weighted by Crippen LogP contribution is -2.27. The molecule has 0 aromatic heterocycles. The molecule has 0 aromatic carbocycles. The average molecular weight is 227 g/mol. The van der Waals surface area contributed by atoms with E-state index in [1.54, 1.807) is 7.11 Å². The van der Waals surface area contributed by atoms with Crippen molar-refractivity contribution in [1.29, 1.82) is 0 Å². The molecule has 0 radical (unpaired) electrons. The van der Waals surface area contributed by atoms with Crippen LogP contribution < -0.4 is 0 Å². The topological polar surface area (TPSA) is 43.4 Å². The van der Waals surface area contributed by atoms with E-state index in [2.05, 4.69) is 0 Å². The highest BCUT2D eigenvalue weighted by Crippen LogP contribution is 2.29. The summed E-state index contributed by atoms with van der Waals surface area (Å²) >= 11 is 0. The highest BCUT2D eigenvalue weighted by atomic mass is 35.7. The van der Waals surface area contributed by atoms with E-state index in [4.69, 9.17) is 15.4 Å². The maximum Gasteiger partial charge on any atom is 0.235 e. The van der Waals surface area contributed by atoms with Crippen molar-refractivity contribution in [2.75, 3.05) is 12.9 Å². The van der Waals surface area contributed by atoms with Crippen molar-refractivity contribution in [3.63, 3.8) is 0 Å². The Balaban J connectivity index is 2.51. The number of ether oxygens (including phenoxy) is 1. The van der Waals surface area contributed by atoms with E-state index in [1.807, 2.05) is 0 Å². The maximum absolute atomic E-state index is 10.8. The minimum Gasteiger partial charge on any atom is -0.380 e. The second-order valence-electron chi connectivity index (χ2n) is 3.52. The van der Waals surface area contributed by atoms with Crippen molar-refractivity contribution < 1.29 is 13.2 Å². The monoisotopic (exact) mass is 226 g/mol. The lowest BCUT2D eigenvalue weighted by molar-refractivity contribution is 0.0721. The lowest BCUT2D eigenvalue weighted by Gasteiger charge is -2.19. The second kappa shape index (κ2) is 4.62. The number of hydrogen-bond donors (Lipinski definition) is 0. The van der Waals surface area contributed by atoms with Crippen LogP contribution in [0, 0.1) is 5.92 Å². The smallest absolute Gasteiger partial charge is 0.235 e. The first-order valence-electron chi connectivity index (χ1n) is 4.48. The molecule has 1 rings (SSSR count). The van der Waals surface area contributed by atoms with E-state index in [0.29, 0.717) is 5.92 Å². The van der Waals surface area contributed by atoms with E-state index in [1.165, 1.54) is 12.8 Å². The highest BCUT2D eigenvalue weighted by molar-refractivity contribution is 8.13. The zero-order chi connectivity index (χ0) is 9.90. The predicted molar refractivity (Wildman–Crippen MR) is 52.4 cm³/mol. The number of halogens is 1. The Labute approximate surface area is 83.8 Å². The highest BCUT2D eigenvalue weighted by Gasteiger charge is 2.28. The fraction of sp³-hybridized carbons (Fsp3) is 1.00. The zero-order valence-corrected chi connectivity index (χ0v) is 9.27. The van der Waals surface area contributed by atoms with Crippen LogP contribution in [0.15, 0.2) is 0 Å². The largest absolute Gasteiger partial charge is 0.380 e. The van der Waals surface area contributed by atoms with Crippen LogP contribution >= 0.6 is 10.7 Å². The van der Waals surface area contributed by atoms with Crippen LogP contribution in [0.25, 0.3) is 0 Å². The normalized spacial score (nSPS) is 22.0. The summed E-state index contributed by atoms with van der Waals surface area (Å²) in [6.07, 6.45) is 4.25. The zero-order valence-electron chi connectivity index (χ0n) is 7.70. The van der Waals surface area contributed by atoms with E-state index >= 15 is 0 Å². The Bertz CT molecular complexity index is 244. The van der Waals surface area contributed by atoms with E-state index in [0.717, 1.165) is 12.8 Å². The molecule has 0 spiro atoms. The molecule has 0 unspecified atom stereocenters. The van der Waals surface area contributed by atoms with Gasteiger partial charge < -0.3 is 4.74 Å². The van der Waals surface area contributed by atoms with Gasteiger partial charge in [-0.25, -0.2) is 8.42 Å². The molecule has 0 amide bonds. The predicted octanol–water partition coefficient (Wildman–Crippen LogP) is 1.76. The fourth-order valence-electron chi connectivity index (χ4n) is 1.92. The molecule has 1 aliphatic rings. The third-order valence-corrected chi connectivity index (χ3v) is 3.70. The second-order valence-corrected chi connectivity index (χ2v) is 6.35. The number of hydrogen-bond acceptors (Lipinski definition) is 3. The summed E-state index contributed by atoms with van der Waals surface area (Å²) in [5, 5.41) is 0. The first-order chi connectivity index (χ1) is 6.03. The van der Waals surface area contributed by atoms with Gasteiger partial charge in [-0.05, 0) is 18.8 Å². The molecule has 0 aliphatic heterocycles. The lowest BCUT2D eigenvalue weighted by atomic mass is 10.0. The van der Waals surface area contributed by atoms with Crippen molar-refractivity contribution in [2.24, 2.45) is 5.92 Å². The van der Waals surface area contributed by atoms with Gasteiger partial charge in [0.2, 0.25) is 9.05 Å². The van der Waals surface area contributed by atoms with Crippen LogP contribution in [0.1, 0.15) is 25.7 Å². The summed E-state index contributed by atoms with van der Waals surface area (Å²) in [6, 6.07) is 0. The van der Waals surface area contributed by atoms with Gasteiger partial charge in [0.05, 0.1) is 11.9 Å². The molecule has 1 atom stereocenters. The van der Waals surface area contributed by atoms with Gasteiger partial charge in [-0.3, -0.25) is 0 Å². The summed E-state index contributed by atoms with van der Waals surface area (Å²) in [5.74, 6) is 0.314. The van der Waals surface area contributed by atoms with Gasteiger partial charge in [-0.1, -0.05) is 12.8 Å². The minimum atomic E-state index is -3.43. The Hall–Kier alpha value is 0.200. The van der Waals surface area contributed by atoms with Gasteiger partial charge in [-0.15, -0.1) is 0 Å². The molecule has 0 aromatic rings. The van der Waals surface area contributed by atoms with Crippen molar-refractivity contribution in [2.45, 2.75) is 31.8 Å². The molecule has 0 heterocycles. The third kappa shape index (κ3) is 3.83. The van der Waals surface area contributed by atoms with E-state index in [9.17, 15) is 8.42 Å². The summed E-state index contributed by atoms with van der Waals surface area (Å²) in [6.45, 7) is 0. The molecule has 5 heteroatoms. The minimum absolute atomic E-state index is 0.0598. The van der Waals surface area contributed by atoms with Crippen molar-refractivity contribution in [3.8, 4) is 0 Å².